The van der Waals surface area contributed by atoms with Gasteiger partial charge in [0.25, 0.3) is 0 Å². The maximum absolute atomic E-state index is 12.3. The molecule has 2 unspecified atom stereocenters. The van der Waals surface area contributed by atoms with E-state index in [0.717, 1.165) is 30.4 Å². The van der Waals surface area contributed by atoms with Crippen molar-refractivity contribution in [3.8, 4) is 0 Å². The number of esters is 1. The number of hydrogen-bond acceptors (Lipinski definition) is 4. The number of hydrogen-bond donors (Lipinski definition) is 1. The minimum atomic E-state index is -0.449. The largest absolute Gasteiger partial charge is 0.465 e. The van der Waals surface area contributed by atoms with E-state index in [1.807, 2.05) is 24.3 Å². The Balaban J connectivity index is 1.39. The van der Waals surface area contributed by atoms with Gasteiger partial charge in [-0.3, -0.25) is 10.1 Å². The summed E-state index contributed by atoms with van der Waals surface area (Å²) in [5.74, 6) is 0.692. The SMILES string of the molecule is C=C1CC2COC(=O)C2(Cc2ccc(NC(=O)OCC3CC3)cc2)C1. The van der Waals surface area contributed by atoms with Gasteiger partial charge < -0.3 is 9.47 Å². The van der Waals surface area contributed by atoms with Crippen LogP contribution in [0.2, 0.25) is 0 Å². The molecule has 132 valence electrons. The Morgan fingerprint density at radius 1 is 1.32 bits per heavy atom. The van der Waals surface area contributed by atoms with Crippen LogP contribution >= 0.6 is 0 Å². The molecule has 1 aliphatic heterocycles. The fraction of sp³-hybridized carbons (Fsp3) is 0.500. The predicted molar refractivity (Wildman–Crippen MR) is 93.1 cm³/mol. The summed E-state index contributed by atoms with van der Waals surface area (Å²) in [5, 5.41) is 2.74. The number of carbonyl (C=O) groups excluding carboxylic acids is 2. The summed E-state index contributed by atoms with van der Waals surface area (Å²) in [6.07, 6.45) is 4.13. The summed E-state index contributed by atoms with van der Waals surface area (Å²) >= 11 is 0. The second-order valence-electron chi connectivity index (χ2n) is 7.62. The molecule has 1 aromatic carbocycles. The molecule has 5 heteroatoms. The zero-order valence-electron chi connectivity index (χ0n) is 14.3. The average molecular weight is 341 g/mol. The van der Waals surface area contributed by atoms with Gasteiger partial charge in [-0.2, -0.15) is 0 Å². The Hall–Kier alpha value is -2.30. The molecule has 2 saturated carbocycles. The average Bonchev–Trinajstić information content (AvgIpc) is 3.30. The van der Waals surface area contributed by atoms with Crippen LogP contribution in [0.3, 0.4) is 0 Å². The number of ether oxygens (including phenoxy) is 2. The van der Waals surface area contributed by atoms with Gasteiger partial charge in [0.15, 0.2) is 0 Å². The van der Waals surface area contributed by atoms with Crippen LogP contribution < -0.4 is 5.32 Å². The number of nitrogens with one attached hydrogen (secondary N) is 1. The van der Waals surface area contributed by atoms with Crippen molar-refractivity contribution in [3.05, 3.63) is 42.0 Å². The lowest BCUT2D eigenvalue weighted by Gasteiger charge is -2.24. The van der Waals surface area contributed by atoms with Gasteiger partial charge in [-0.25, -0.2) is 4.79 Å². The van der Waals surface area contributed by atoms with E-state index in [4.69, 9.17) is 9.47 Å². The van der Waals surface area contributed by atoms with Crippen molar-refractivity contribution in [1.82, 2.24) is 0 Å². The highest BCUT2D eigenvalue weighted by atomic mass is 16.5. The second-order valence-corrected chi connectivity index (χ2v) is 7.62. The van der Waals surface area contributed by atoms with Gasteiger partial charge in [0, 0.05) is 11.6 Å². The lowest BCUT2D eigenvalue weighted by Crippen LogP contribution is -2.31. The van der Waals surface area contributed by atoms with Crippen LogP contribution in [0.5, 0.6) is 0 Å². The molecule has 4 rings (SSSR count). The molecule has 0 spiro atoms. The Kier molecular flexibility index (Phi) is 4.02. The number of benzene rings is 1. The van der Waals surface area contributed by atoms with Crippen LogP contribution in [-0.2, 0) is 20.7 Å². The fourth-order valence-corrected chi connectivity index (χ4v) is 3.96. The highest BCUT2D eigenvalue weighted by Crippen LogP contribution is 2.52. The van der Waals surface area contributed by atoms with Gasteiger partial charge in [0.2, 0.25) is 0 Å². The standard InChI is InChI=1S/C20H23NO4/c1-13-8-16-12-24-18(22)20(16,9-13)10-14-4-6-17(7-5-14)21-19(23)25-11-15-2-3-15/h4-7,15-16H,1-3,8-12H2,(H,21,23). The van der Waals surface area contributed by atoms with Crippen molar-refractivity contribution in [2.75, 3.05) is 18.5 Å². The molecular formula is C20H23NO4. The lowest BCUT2D eigenvalue weighted by molar-refractivity contribution is -0.146. The molecule has 0 bridgehead atoms. The number of amides is 1. The van der Waals surface area contributed by atoms with Crippen molar-refractivity contribution in [2.24, 2.45) is 17.3 Å². The minimum absolute atomic E-state index is 0.0954. The highest BCUT2D eigenvalue weighted by Gasteiger charge is 2.55. The molecule has 1 N–H and O–H groups in total. The summed E-state index contributed by atoms with van der Waals surface area (Å²) in [6.45, 7) is 5.07. The molecule has 2 atom stereocenters. The number of rotatable bonds is 5. The van der Waals surface area contributed by atoms with Gasteiger partial charge in [0.1, 0.15) is 0 Å². The zero-order valence-corrected chi connectivity index (χ0v) is 14.3. The fourth-order valence-electron chi connectivity index (χ4n) is 3.96. The smallest absolute Gasteiger partial charge is 0.411 e. The maximum atomic E-state index is 12.3. The van der Waals surface area contributed by atoms with E-state index in [9.17, 15) is 9.59 Å². The van der Waals surface area contributed by atoms with Crippen molar-refractivity contribution in [3.63, 3.8) is 0 Å². The molecule has 1 heterocycles. The summed E-state index contributed by atoms with van der Waals surface area (Å²) in [6, 6.07) is 7.61. The third-order valence-electron chi connectivity index (χ3n) is 5.57. The Bertz CT molecular complexity index is 707. The van der Waals surface area contributed by atoms with Crippen LogP contribution in [0.15, 0.2) is 36.4 Å². The van der Waals surface area contributed by atoms with E-state index < -0.39 is 11.5 Å². The summed E-state index contributed by atoms with van der Waals surface area (Å²) in [5.41, 5.74) is 2.45. The molecule has 3 fully saturated rings. The van der Waals surface area contributed by atoms with Crippen molar-refractivity contribution < 1.29 is 19.1 Å². The van der Waals surface area contributed by atoms with Crippen molar-refractivity contribution in [2.45, 2.75) is 32.1 Å². The molecule has 3 aliphatic rings. The molecule has 1 amide bonds. The maximum Gasteiger partial charge on any atom is 0.411 e. The number of carbonyl (C=O) groups is 2. The van der Waals surface area contributed by atoms with E-state index in [1.54, 1.807) is 0 Å². The van der Waals surface area contributed by atoms with E-state index in [1.165, 1.54) is 0 Å². The normalized spacial score (nSPS) is 27.8. The summed E-state index contributed by atoms with van der Waals surface area (Å²) < 4.78 is 10.5. The minimum Gasteiger partial charge on any atom is -0.465 e. The predicted octanol–water partition coefficient (Wildman–Crippen LogP) is 3.70. The monoisotopic (exact) mass is 341 g/mol. The highest BCUT2D eigenvalue weighted by molar-refractivity contribution is 5.84. The quantitative estimate of drug-likeness (QED) is 0.655. The van der Waals surface area contributed by atoms with Gasteiger partial charge in [-0.15, -0.1) is 0 Å². The first-order valence-corrected chi connectivity index (χ1v) is 8.92. The molecule has 2 aliphatic carbocycles. The van der Waals surface area contributed by atoms with Crippen LogP contribution in [0.1, 0.15) is 31.2 Å². The first kappa shape index (κ1) is 16.2. The molecule has 0 radical (unpaired) electrons. The Labute approximate surface area is 147 Å². The van der Waals surface area contributed by atoms with Crippen LogP contribution in [0.4, 0.5) is 10.5 Å². The van der Waals surface area contributed by atoms with E-state index >= 15 is 0 Å². The van der Waals surface area contributed by atoms with E-state index in [0.29, 0.717) is 37.7 Å². The first-order valence-electron chi connectivity index (χ1n) is 8.92. The number of fused-ring (bicyclic) bond motifs is 1. The summed E-state index contributed by atoms with van der Waals surface area (Å²) in [4.78, 5) is 24.1. The van der Waals surface area contributed by atoms with Gasteiger partial charge in [-0.1, -0.05) is 24.3 Å². The van der Waals surface area contributed by atoms with Crippen LogP contribution in [0, 0.1) is 17.3 Å². The third-order valence-corrected chi connectivity index (χ3v) is 5.57. The van der Waals surface area contributed by atoms with Crippen LogP contribution in [0.25, 0.3) is 0 Å². The lowest BCUT2D eigenvalue weighted by atomic mass is 9.75. The van der Waals surface area contributed by atoms with Crippen molar-refractivity contribution in [1.29, 1.82) is 0 Å². The second kappa shape index (κ2) is 6.21. The molecular weight excluding hydrogens is 318 g/mol. The van der Waals surface area contributed by atoms with Crippen LogP contribution in [-0.4, -0.2) is 25.3 Å². The van der Waals surface area contributed by atoms with Gasteiger partial charge in [-0.05, 0) is 55.7 Å². The molecule has 0 aromatic heterocycles. The number of anilines is 1. The topological polar surface area (TPSA) is 64.6 Å². The Morgan fingerprint density at radius 2 is 2.08 bits per heavy atom. The molecule has 25 heavy (non-hydrogen) atoms. The van der Waals surface area contributed by atoms with Crippen molar-refractivity contribution >= 4 is 17.7 Å². The van der Waals surface area contributed by atoms with Gasteiger partial charge >= 0.3 is 12.1 Å². The molecule has 1 saturated heterocycles. The van der Waals surface area contributed by atoms with E-state index in [2.05, 4.69) is 11.9 Å². The Morgan fingerprint density at radius 3 is 2.80 bits per heavy atom. The number of cyclic esters (lactones) is 1. The first-order chi connectivity index (χ1) is 12.0. The molecule has 5 nitrogen and oxygen atoms in total. The summed E-state index contributed by atoms with van der Waals surface area (Å²) in [7, 11) is 0. The third kappa shape index (κ3) is 3.28. The zero-order chi connectivity index (χ0) is 17.4. The molecule has 1 aromatic rings. The van der Waals surface area contributed by atoms with Gasteiger partial charge in [0.05, 0.1) is 18.6 Å². The number of allylic oxidation sites excluding steroid dienone is 1. The van der Waals surface area contributed by atoms with E-state index in [-0.39, 0.29) is 11.9 Å².